The van der Waals surface area contributed by atoms with Gasteiger partial charge in [0.2, 0.25) is 0 Å². The highest BCUT2D eigenvalue weighted by molar-refractivity contribution is 6.37. The zero-order chi connectivity index (χ0) is 16.6. The molecule has 0 aliphatic heterocycles. The number of carbonyl (C=O) groups excluding carboxylic acids is 4. The summed E-state index contributed by atoms with van der Waals surface area (Å²) in [5.74, 6) is -1.92. The first kappa shape index (κ1) is 19.8. The van der Waals surface area contributed by atoms with Gasteiger partial charge in [-0.25, -0.2) is 4.79 Å². The van der Waals surface area contributed by atoms with Gasteiger partial charge in [-0.05, 0) is 19.4 Å². The Morgan fingerprint density at radius 1 is 0.955 bits per heavy atom. The Morgan fingerprint density at radius 2 is 1.64 bits per heavy atom. The van der Waals surface area contributed by atoms with Gasteiger partial charge in [-0.3, -0.25) is 25.0 Å². The van der Waals surface area contributed by atoms with Crippen molar-refractivity contribution >= 4 is 24.4 Å². The van der Waals surface area contributed by atoms with Crippen molar-refractivity contribution < 1.29 is 28.7 Å². The van der Waals surface area contributed by atoms with Crippen LogP contribution < -0.4 is 21.3 Å². The summed E-state index contributed by atoms with van der Waals surface area (Å²) in [4.78, 5) is 43.0. The topological polar surface area (TPSA) is 135 Å². The van der Waals surface area contributed by atoms with Crippen LogP contribution in [0.4, 0.5) is 4.79 Å². The van der Waals surface area contributed by atoms with E-state index in [0.717, 1.165) is 26.6 Å². The van der Waals surface area contributed by atoms with E-state index in [1.807, 2.05) is 0 Å². The molecule has 0 saturated heterocycles. The predicted octanol–water partition coefficient (Wildman–Crippen LogP) is -1.92. The smallest absolute Gasteiger partial charge is 0.413 e. The molecule has 0 aromatic rings. The Balaban J connectivity index is 3.38. The minimum absolute atomic E-state index is 0.185. The number of rotatable bonds is 11. The highest BCUT2D eigenvalue weighted by Gasteiger charge is 2.15. The quantitative estimate of drug-likeness (QED) is 0.150. The number of imide groups is 1. The summed E-state index contributed by atoms with van der Waals surface area (Å²) in [5.41, 5.74) is 0. The van der Waals surface area contributed by atoms with Gasteiger partial charge in [0.1, 0.15) is 6.73 Å². The molecular formula is C12H22N4O6. The number of unbranched alkanes of at least 4 members (excludes halogenated alkanes) is 1. The molecule has 0 aliphatic carbocycles. The van der Waals surface area contributed by atoms with Crippen molar-refractivity contribution in [1.29, 1.82) is 0 Å². The number of nitrogens with one attached hydrogen (secondary N) is 4. The van der Waals surface area contributed by atoms with Crippen LogP contribution in [0.15, 0.2) is 0 Å². The Labute approximate surface area is 128 Å². The summed E-state index contributed by atoms with van der Waals surface area (Å²) in [6.45, 7) is 3.03. The van der Waals surface area contributed by atoms with E-state index in [4.69, 9.17) is 0 Å². The molecule has 0 aromatic heterocycles. The van der Waals surface area contributed by atoms with Crippen LogP contribution in [0.2, 0.25) is 0 Å². The lowest BCUT2D eigenvalue weighted by atomic mass is 10.3. The molecule has 0 rings (SSSR count). The van der Waals surface area contributed by atoms with E-state index >= 15 is 0 Å². The van der Waals surface area contributed by atoms with Gasteiger partial charge in [-0.15, -0.1) is 0 Å². The van der Waals surface area contributed by atoms with Crippen molar-refractivity contribution in [2.45, 2.75) is 12.8 Å². The minimum Gasteiger partial charge on any atom is -0.453 e. The summed E-state index contributed by atoms with van der Waals surface area (Å²) in [7, 11) is 1.10. The highest BCUT2D eigenvalue weighted by atomic mass is 16.5. The second-order valence-corrected chi connectivity index (χ2v) is 4.07. The number of methoxy groups -OCH3 is 1. The second kappa shape index (κ2) is 13.8. The van der Waals surface area contributed by atoms with E-state index in [1.165, 1.54) is 0 Å². The molecule has 4 N–H and O–H groups in total. The number of ether oxygens (including phenoxy) is 2. The molecule has 0 aromatic carbocycles. The van der Waals surface area contributed by atoms with Crippen LogP contribution in [0, 0.1) is 0 Å². The molecule has 0 atom stereocenters. The van der Waals surface area contributed by atoms with E-state index in [0.29, 0.717) is 26.0 Å². The fraction of sp³-hybridized carbons (Fsp3) is 0.667. The van der Waals surface area contributed by atoms with Crippen LogP contribution in [0.5, 0.6) is 0 Å². The molecule has 10 heteroatoms. The summed E-state index contributed by atoms with van der Waals surface area (Å²) < 4.78 is 8.64. The first-order chi connectivity index (χ1) is 10.6. The maximum absolute atomic E-state index is 11.3. The van der Waals surface area contributed by atoms with Crippen molar-refractivity contribution in [2.75, 3.05) is 40.0 Å². The van der Waals surface area contributed by atoms with E-state index < -0.39 is 17.9 Å². The lowest BCUT2D eigenvalue weighted by Crippen LogP contribution is -2.42. The number of hydrogen-bond donors (Lipinski definition) is 4. The van der Waals surface area contributed by atoms with Crippen molar-refractivity contribution in [2.24, 2.45) is 0 Å². The van der Waals surface area contributed by atoms with Crippen molar-refractivity contribution in [1.82, 2.24) is 21.3 Å². The normalized spacial score (nSPS) is 9.68. The molecule has 0 spiro atoms. The lowest BCUT2D eigenvalue weighted by molar-refractivity contribution is -0.138. The fourth-order valence-corrected chi connectivity index (χ4v) is 1.32. The molecule has 10 nitrogen and oxygen atoms in total. The number of alkyl carbamates (subject to hydrolysis) is 1. The first-order valence-electron chi connectivity index (χ1n) is 6.75. The van der Waals surface area contributed by atoms with Gasteiger partial charge >= 0.3 is 17.9 Å². The number of amides is 3. The van der Waals surface area contributed by atoms with Gasteiger partial charge in [-0.2, -0.15) is 0 Å². The van der Waals surface area contributed by atoms with Crippen LogP contribution in [-0.2, 0) is 23.9 Å². The third kappa shape index (κ3) is 11.6. The molecule has 0 unspecified atom stereocenters. The second-order valence-electron chi connectivity index (χ2n) is 4.07. The summed E-state index contributed by atoms with van der Waals surface area (Å²) in [5, 5.41) is 10.2. The van der Waals surface area contributed by atoms with Gasteiger partial charge in [0.15, 0.2) is 0 Å². The molecule has 22 heavy (non-hydrogen) atoms. The molecule has 126 valence electrons. The zero-order valence-electron chi connectivity index (χ0n) is 12.5. The van der Waals surface area contributed by atoms with E-state index in [2.05, 4.69) is 25.4 Å². The van der Waals surface area contributed by atoms with Crippen molar-refractivity contribution in [3.8, 4) is 0 Å². The van der Waals surface area contributed by atoms with Crippen LogP contribution in [0.3, 0.4) is 0 Å². The molecule has 0 saturated carbocycles. The maximum Gasteiger partial charge on any atom is 0.413 e. The molecule has 0 radical (unpaired) electrons. The predicted molar refractivity (Wildman–Crippen MR) is 75.7 cm³/mol. The average Bonchev–Trinajstić information content (AvgIpc) is 2.52. The number of hydrogen-bond acceptors (Lipinski definition) is 8. The van der Waals surface area contributed by atoms with Gasteiger partial charge in [0.25, 0.3) is 6.47 Å². The van der Waals surface area contributed by atoms with Crippen molar-refractivity contribution in [3.05, 3.63) is 0 Å². The SMILES string of the molecule is COC(=O)NC(=O)C(=O)NCCCCNCCNCOC=O. The van der Waals surface area contributed by atoms with Gasteiger partial charge in [0.05, 0.1) is 7.11 Å². The molecule has 0 aliphatic rings. The lowest BCUT2D eigenvalue weighted by Gasteiger charge is -2.07. The van der Waals surface area contributed by atoms with Crippen LogP contribution in [-0.4, -0.2) is 64.4 Å². The highest BCUT2D eigenvalue weighted by Crippen LogP contribution is 1.84. The summed E-state index contributed by atoms with van der Waals surface area (Å²) >= 11 is 0. The monoisotopic (exact) mass is 318 g/mol. The molecular weight excluding hydrogens is 296 g/mol. The Bertz CT molecular complexity index is 364. The van der Waals surface area contributed by atoms with Crippen molar-refractivity contribution in [3.63, 3.8) is 0 Å². The van der Waals surface area contributed by atoms with Gasteiger partial charge in [-0.1, -0.05) is 0 Å². The van der Waals surface area contributed by atoms with E-state index in [9.17, 15) is 19.2 Å². The third-order valence-electron chi connectivity index (χ3n) is 2.41. The van der Waals surface area contributed by atoms with Crippen LogP contribution in [0.25, 0.3) is 0 Å². The summed E-state index contributed by atoms with van der Waals surface area (Å²) in [6.07, 6.45) is 0.520. The summed E-state index contributed by atoms with van der Waals surface area (Å²) in [6, 6.07) is 0. The van der Waals surface area contributed by atoms with E-state index in [1.54, 1.807) is 5.32 Å². The zero-order valence-corrected chi connectivity index (χ0v) is 12.5. The molecule has 0 fully saturated rings. The Kier molecular flexibility index (Phi) is 12.4. The largest absolute Gasteiger partial charge is 0.453 e. The van der Waals surface area contributed by atoms with Gasteiger partial charge < -0.3 is 20.1 Å². The first-order valence-corrected chi connectivity index (χ1v) is 6.75. The fourth-order valence-electron chi connectivity index (χ4n) is 1.32. The third-order valence-corrected chi connectivity index (χ3v) is 2.41. The Hall–Kier alpha value is -2.20. The molecule has 0 bridgehead atoms. The standard InChI is InChI=1S/C12H22N4O6/c1-21-12(20)16-11(19)10(18)15-5-3-2-4-13-6-7-14-8-22-9-17/h9,13-14H,2-8H2,1H3,(H,15,18)(H,16,19,20). The molecule has 3 amide bonds. The number of carbonyl (C=O) groups is 4. The van der Waals surface area contributed by atoms with Crippen LogP contribution >= 0.6 is 0 Å². The van der Waals surface area contributed by atoms with Gasteiger partial charge in [0, 0.05) is 19.6 Å². The van der Waals surface area contributed by atoms with E-state index in [-0.39, 0.29) is 6.73 Å². The minimum atomic E-state index is -1.05. The molecule has 0 heterocycles. The van der Waals surface area contributed by atoms with Crippen LogP contribution in [0.1, 0.15) is 12.8 Å². The Morgan fingerprint density at radius 3 is 2.32 bits per heavy atom. The average molecular weight is 318 g/mol. The maximum atomic E-state index is 11.3.